The number of pyridine rings is 1. The van der Waals surface area contributed by atoms with Gasteiger partial charge in [-0.05, 0) is 23.8 Å². The van der Waals surface area contributed by atoms with E-state index in [9.17, 15) is 13.2 Å². The van der Waals surface area contributed by atoms with Crippen molar-refractivity contribution in [3.8, 4) is 0 Å². The zero-order chi connectivity index (χ0) is 15.6. The van der Waals surface area contributed by atoms with E-state index in [4.69, 9.17) is 28.3 Å². The molecule has 0 unspecified atom stereocenters. The summed E-state index contributed by atoms with van der Waals surface area (Å²) in [7, 11) is -3.84. The number of benzene rings is 1. The second kappa shape index (κ2) is 6.01. The number of hydrogen-bond acceptors (Lipinski definition) is 4. The maximum absolute atomic E-state index is 12.4. The average molecular weight is 346 g/mol. The smallest absolute Gasteiger partial charge is 0.337 e. The highest BCUT2D eigenvalue weighted by molar-refractivity contribution is 7.90. The van der Waals surface area contributed by atoms with Crippen molar-refractivity contribution in [2.45, 2.75) is 10.6 Å². The summed E-state index contributed by atoms with van der Waals surface area (Å²) >= 11 is 11.7. The average Bonchev–Trinajstić information content (AvgIpc) is 2.41. The lowest BCUT2D eigenvalue weighted by Crippen LogP contribution is -2.09. The Bertz CT molecular complexity index is 791. The Hall–Kier alpha value is -1.63. The van der Waals surface area contributed by atoms with Crippen LogP contribution in [0.1, 0.15) is 15.9 Å². The molecule has 8 heteroatoms. The molecule has 21 heavy (non-hydrogen) atoms. The number of carboxylic acid groups (broad SMARTS) is 1. The van der Waals surface area contributed by atoms with Crippen LogP contribution in [-0.4, -0.2) is 24.5 Å². The summed E-state index contributed by atoms with van der Waals surface area (Å²) in [6, 6.07) is 5.45. The second-order valence-corrected chi connectivity index (χ2v) is 6.96. The molecule has 0 radical (unpaired) electrons. The normalized spacial score (nSPS) is 11.3. The fourth-order valence-electron chi connectivity index (χ4n) is 1.73. The van der Waals surface area contributed by atoms with Gasteiger partial charge in [-0.1, -0.05) is 29.3 Å². The molecule has 110 valence electrons. The van der Waals surface area contributed by atoms with E-state index >= 15 is 0 Å². The molecule has 0 aliphatic heterocycles. The Labute approximate surface area is 131 Å². The van der Waals surface area contributed by atoms with Crippen molar-refractivity contribution in [3.05, 3.63) is 57.8 Å². The third-order valence-electron chi connectivity index (χ3n) is 2.65. The number of rotatable bonds is 4. The molecule has 1 heterocycles. The predicted octanol–water partition coefficient (Wildman–Crippen LogP) is 3.06. The molecule has 0 fully saturated rings. The van der Waals surface area contributed by atoms with Gasteiger partial charge in [0.1, 0.15) is 0 Å². The lowest BCUT2D eigenvalue weighted by molar-refractivity contribution is 0.0697. The van der Waals surface area contributed by atoms with Crippen LogP contribution in [-0.2, 0) is 15.6 Å². The first-order valence-corrected chi connectivity index (χ1v) is 8.06. The first kappa shape index (κ1) is 15.8. The number of carboxylic acids is 1. The highest BCUT2D eigenvalue weighted by Crippen LogP contribution is 2.31. The number of aromatic carboxylic acids is 1. The van der Waals surface area contributed by atoms with Crippen LogP contribution in [0.4, 0.5) is 0 Å². The van der Waals surface area contributed by atoms with Crippen molar-refractivity contribution in [1.82, 2.24) is 4.98 Å². The topological polar surface area (TPSA) is 84.3 Å². The highest BCUT2D eigenvalue weighted by Gasteiger charge is 2.24. The summed E-state index contributed by atoms with van der Waals surface area (Å²) < 4.78 is 24.8. The van der Waals surface area contributed by atoms with Gasteiger partial charge in [0.25, 0.3) is 0 Å². The van der Waals surface area contributed by atoms with Crippen LogP contribution in [0.15, 0.2) is 41.6 Å². The molecule has 1 N–H and O–H groups in total. The molecule has 0 aliphatic rings. The van der Waals surface area contributed by atoms with Crippen molar-refractivity contribution in [1.29, 1.82) is 0 Å². The standard InChI is InChI=1S/C13H9Cl2NO4S/c14-9-4-10(13(17)18)12(15)11(5-9)21(19,20)7-8-2-1-3-16-6-8/h1-6H,7H2,(H,17,18). The molecule has 1 aromatic heterocycles. The molecular formula is C13H9Cl2NO4S. The van der Waals surface area contributed by atoms with Crippen LogP contribution in [0, 0.1) is 0 Å². The molecule has 2 rings (SSSR count). The number of aromatic nitrogens is 1. The molecule has 2 aromatic rings. The first-order valence-electron chi connectivity index (χ1n) is 5.65. The largest absolute Gasteiger partial charge is 0.478 e. The summed E-state index contributed by atoms with van der Waals surface area (Å²) in [5.74, 6) is -1.69. The fourth-order valence-corrected chi connectivity index (χ4v) is 4.01. The zero-order valence-electron chi connectivity index (χ0n) is 10.5. The van der Waals surface area contributed by atoms with Gasteiger partial charge in [-0.2, -0.15) is 0 Å². The van der Waals surface area contributed by atoms with E-state index in [0.717, 1.165) is 12.1 Å². The van der Waals surface area contributed by atoms with Crippen LogP contribution < -0.4 is 0 Å². The maximum atomic E-state index is 12.4. The van der Waals surface area contributed by atoms with Gasteiger partial charge in [-0.15, -0.1) is 0 Å². The van der Waals surface area contributed by atoms with E-state index in [1.165, 1.54) is 12.4 Å². The minimum atomic E-state index is -3.84. The number of sulfone groups is 1. The zero-order valence-corrected chi connectivity index (χ0v) is 12.8. The van der Waals surface area contributed by atoms with E-state index < -0.39 is 15.8 Å². The Balaban J connectivity index is 2.53. The van der Waals surface area contributed by atoms with Gasteiger partial charge in [0.05, 0.1) is 21.2 Å². The van der Waals surface area contributed by atoms with E-state index in [-0.39, 0.29) is 26.3 Å². The van der Waals surface area contributed by atoms with Crippen LogP contribution in [0.3, 0.4) is 0 Å². The fraction of sp³-hybridized carbons (Fsp3) is 0.0769. The number of nitrogens with zero attached hydrogens (tertiary/aromatic N) is 1. The molecule has 1 aromatic carbocycles. The van der Waals surface area contributed by atoms with Gasteiger partial charge in [-0.25, -0.2) is 13.2 Å². The lowest BCUT2D eigenvalue weighted by Gasteiger charge is -2.09. The second-order valence-electron chi connectivity index (χ2n) is 4.19. The van der Waals surface area contributed by atoms with Gasteiger partial charge >= 0.3 is 5.97 Å². The third kappa shape index (κ3) is 3.53. The SMILES string of the molecule is O=C(O)c1cc(Cl)cc(S(=O)(=O)Cc2cccnc2)c1Cl. The van der Waals surface area contributed by atoms with Gasteiger partial charge in [-0.3, -0.25) is 4.98 Å². The summed E-state index contributed by atoms with van der Waals surface area (Å²) in [6.45, 7) is 0. The summed E-state index contributed by atoms with van der Waals surface area (Å²) in [5.41, 5.74) is 0.111. The van der Waals surface area contributed by atoms with Crippen molar-refractivity contribution in [2.24, 2.45) is 0 Å². The minimum absolute atomic E-state index is 0.0124. The van der Waals surface area contributed by atoms with E-state index in [0.29, 0.717) is 5.56 Å². The Kier molecular flexibility index (Phi) is 4.51. The summed E-state index contributed by atoms with van der Waals surface area (Å²) in [6.07, 6.45) is 2.93. The Morgan fingerprint density at radius 1 is 1.29 bits per heavy atom. The third-order valence-corrected chi connectivity index (χ3v) is 5.09. The monoisotopic (exact) mass is 345 g/mol. The van der Waals surface area contributed by atoms with E-state index in [1.54, 1.807) is 12.1 Å². The van der Waals surface area contributed by atoms with Gasteiger partial charge in [0.15, 0.2) is 9.84 Å². The quantitative estimate of drug-likeness (QED) is 0.920. The number of halogens is 2. The predicted molar refractivity (Wildman–Crippen MR) is 78.5 cm³/mol. The molecule has 0 bridgehead atoms. The van der Waals surface area contributed by atoms with E-state index in [2.05, 4.69) is 4.98 Å². The number of hydrogen-bond donors (Lipinski definition) is 1. The molecule has 0 saturated heterocycles. The van der Waals surface area contributed by atoms with Gasteiger partial charge < -0.3 is 5.11 Å². The Morgan fingerprint density at radius 3 is 2.57 bits per heavy atom. The van der Waals surface area contributed by atoms with Gasteiger partial charge in [0, 0.05) is 17.4 Å². The molecule has 0 spiro atoms. The van der Waals surface area contributed by atoms with Crippen LogP contribution >= 0.6 is 23.2 Å². The summed E-state index contributed by atoms with van der Waals surface area (Å²) in [5, 5.41) is 8.66. The molecule has 0 aliphatic carbocycles. The van der Waals surface area contributed by atoms with Crippen molar-refractivity contribution in [3.63, 3.8) is 0 Å². The highest BCUT2D eigenvalue weighted by atomic mass is 35.5. The maximum Gasteiger partial charge on any atom is 0.337 e. The first-order chi connectivity index (χ1) is 9.81. The van der Waals surface area contributed by atoms with Gasteiger partial charge in [0.2, 0.25) is 0 Å². The minimum Gasteiger partial charge on any atom is -0.478 e. The molecule has 5 nitrogen and oxygen atoms in total. The molecule has 0 amide bonds. The lowest BCUT2D eigenvalue weighted by atomic mass is 10.2. The molecular weight excluding hydrogens is 337 g/mol. The Morgan fingerprint density at radius 2 is 2.00 bits per heavy atom. The van der Waals surface area contributed by atoms with E-state index in [1.807, 2.05) is 0 Å². The number of carbonyl (C=O) groups is 1. The molecule has 0 saturated carbocycles. The van der Waals surface area contributed by atoms with Crippen molar-refractivity contribution >= 4 is 39.0 Å². The van der Waals surface area contributed by atoms with Crippen molar-refractivity contribution in [2.75, 3.05) is 0 Å². The summed E-state index contributed by atoms with van der Waals surface area (Å²) in [4.78, 5) is 14.6. The molecule has 0 atom stereocenters. The van der Waals surface area contributed by atoms with Crippen LogP contribution in [0.2, 0.25) is 10.0 Å². The van der Waals surface area contributed by atoms with Crippen molar-refractivity contribution < 1.29 is 18.3 Å². The van der Waals surface area contributed by atoms with Crippen LogP contribution in [0.25, 0.3) is 0 Å². The van der Waals surface area contributed by atoms with Crippen LogP contribution in [0.5, 0.6) is 0 Å².